The van der Waals surface area contributed by atoms with Gasteiger partial charge < -0.3 is 60.5 Å². The molecule has 1 fully saturated rings. The number of esters is 1. The highest BCUT2D eigenvalue weighted by Crippen LogP contribution is 2.26. The third-order valence-corrected chi connectivity index (χ3v) is 17.3. The molecule has 0 radical (unpaired) electrons. The fourth-order valence-electron chi connectivity index (χ4n) is 11.8. The summed E-state index contributed by atoms with van der Waals surface area (Å²) in [7, 11) is 8.43. The van der Waals surface area contributed by atoms with Crippen LogP contribution in [0.25, 0.3) is 0 Å². The van der Waals surface area contributed by atoms with Crippen LogP contribution in [0.5, 0.6) is 0 Å². The molecule has 0 aromatic carbocycles. The zero-order valence-corrected chi connectivity index (χ0v) is 60.7. The Bertz CT molecular complexity index is 2680. The number of nitrogens with one attached hydrogen (secondary N) is 4. The maximum atomic E-state index is 15.3. The fourth-order valence-corrected chi connectivity index (χ4v) is 11.8. The van der Waals surface area contributed by atoms with Crippen LogP contribution in [0.15, 0.2) is 18.2 Å². The van der Waals surface area contributed by atoms with Gasteiger partial charge in [-0.1, -0.05) is 117 Å². The van der Waals surface area contributed by atoms with E-state index in [0.717, 1.165) is 21.2 Å². The van der Waals surface area contributed by atoms with Crippen LogP contribution < -0.4 is 21.3 Å². The van der Waals surface area contributed by atoms with Gasteiger partial charge in [-0.05, 0) is 131 Å². The Hall–Kier alpha value is -6.72. The fraction of sp³-hybridized carbons (Fsp3) is 0.768. The van der Waals surface area contributed by atoms with E-state index >= 15 is 14.4 Å². The van der Waals surface area contributed by atoms with Crippen molar-refractivity contribution in [1.82, 2.24) is 55.7 Å². The van der Waals surface area contributed by atoms with Crippen LogP contribution >= 0.6 is 0 Å². The Labute approximate surface area is 555 Å². The van der Waals surface area contributed by atoms with Gasteiger partial charge in [-0.25, -0.2) is 4.79 Å². The SMILES string of the molecule is CC[C@H]1NC(=O)[C@@H]([C@H](O)[C@H](C)CCCc2cccc(C)n2)N(C)C(=O)[C@@H](C(C)C)N(C)C(=O)[C@@H](CC(C)C)NC(=O)[C@@H](CC(C)C)N(C)C(=O)[C@H](C(C)C)OC(=O)[C@@H](C)NC(=O)[C@@H](CC(C)C)N(C)C(=O)[C@@H](CC(C)C)NC(=O)[C@H](CC(C)C)N(C)C(=O)CN(C)C1=O. The minimum Gasteiger partial charge on any atom is -0.450 e. The van der Waals surface area contributed by atoms with Crippen LogP contribution in [0.3, 0.4) is 0 Å². The number of carbonyl (C=O) groups excluding carboxylic acids is 11. The molecule has 528 valence electrons. The van der Waals surface area contributed by atoms with Crippen LogP contribution in [0, 0.1) is 54.3 Å². The van der Waals surface area contributed by atoms with E-state index < -0.39 is 156 Å². The van der Waals surface area contributed by atoms with Gasteiger partial charge in [0.1, 0.15) is 54.4 Å². The number of hydrogen-bond acceptors (Lipinski definition) is 14. The Kier molecular flexibility index (Phi) is 33.6. The molecule has 1 aromatic rings. The lowest BCUT2D eigenvalue weighted by Crippen LogP contribution is -2.63. The molecule has 93 heavy (non-hydrogen) atoms. The van der Waals surface area contributed by atoms with Crippen molar-refractivity contribution in [2.75, 3.05) is 48.8 Å². The predicted octanol–water partition coefficient (Wildman–Crippen LogP) is 5.14. The summed E-state index contributed by atoms with van der Waals surface area (Å²) in [5, 5.41) is 23.7. The van der Waals surface area contributed by atoms with Crippen molar-refractivity contribution in [3.05, 3.63) is 29.6 Å². The number of cyclic esters (lactones) is 1. The summed E-state index contributed by atoms with van der Waals surface area (Å²) in [6.07, 6.45) is -0.839. The number of aromatic nitrogens is 1. The second kappa shape index (κ2) is 38.0. The molecule has 2 heterocycles. The van der Waals surface area contributed by atoms with E-state index in [2.05, 4.69) is 26.3 Å². The van der Waals surface area contributed by atoms with E-state index in [0.29, 0.717) is 19.3 Å². The molecule has 0 aliphatic carbocycles. The second-order valence-corrected chi connectivity index (χ2v) is 28.9. The molecule has 24 heteroatoms. The summed E-state index contributed by atoms with van der Waals surface area (Å²) < 4.78 is 5.92. The molecule has 12 atom stereocenters. The van der Waals surface area contributed by atoms with Crippen molar-refractivity contribution in [3.8, 4) is 0 Å². The van der Waals surface area contributed by atoms with Crippen LogP contribution in [-0.4, -0.2) is 220 Å². The van der Waals surface area contributed by atoms with Crippen molar-refractivity contribution in [1.29, 1.82) is 0 Å². The summed E-state index contributed by atoms with van der Waals surface area (Å²) in [5.74, 6) is -10.7. The normalized spacial score (nSPS) is 25.4. The van der Waals surface area contributed by atoms with Crippen molar-refractivity contribution < 1.29 is 62.6 Å². The summed E-state index contributed by atoms with van der Waals surface area (Å²) in [6.45, 7) is 31.5. The highest BCUT2D eigenvalue weighted by Gasteiger charge is 2.45. The first-order valence-corrected chi connectivity index (χ1v) is 33.7. The minimum absolute atomic E-state index is 0.0102. The van der Waals surface area contributed by atoms with E-state index in [1.807, 2.05) is 94.4 Å². The maximum absolute atomic E-state index is 15.3. The zero-order chi connectivity index (χ0) is 71.4. The van der Waals surface area contributed by atoms with E-state index in [9.17, 15) is 43.5 Å². The molecule has 1 saturated heterocycles. The van der Waals surface area contributed by atoms with Crippen molar-refractivity contribution in [2.45, 2.75) is 249 Å². The van der Waals surface area contributed by atoms with Crippen molar-refractivity contribution >= 4 is 65.0 Å². The Morgan fingerprint density at radius 1 is 0.516 bits per heavy atom. The number of aliphatic hydroxyl groups excluding tert-OH is 1. The van der Waals surface area contributed by atoms with Gasteiger partial charge in [-0.2, -0.15) is 0 Å². The number of carbonyl (C=O) groups is 11. The highest BCUT2D eigenvalue weighted by atomic mass is 16.6. The van der Waals surface area contributed by atoms with Crippen LogP contribution in [-0.2, 0) is 63.9 Å². The molecular formula is C69H119N11O13. The molecule has 10 amide bonds. The van der Waals surface area contributed by atoms with Gasteiger partial charge in [-0.3, -0.25) is 52.9 Å². The molecule has 1 aliphatic rings. The quantitative estimate of drug-likeness (QED) is 0.112. The molecule has 1 aliphatic heterocycles. The number of pyridine rings is 1. The average Bonchev–Trinajstić information content (AvgIpc) is 0.825. The molecular weight excluding hydrogens is 1190 g/mol. The second-order valence-electron chi connectivity index (χ2n) is 28.9. The number of ether oxygens (including phenoxy) is 1. The van der Waals surface area contributed by atoms with Crippen molar-refractivity contribution in [3.63, 3.8) is 0 Å². The minimum atomic E-state index is -1.64. The van der Waals surface area contributed by atoms with E-state index in [4.69, 9.17) is 4.74 Å². The van der Waals surface area contributed by atoms with E-state index in [-0.39, 0.29) is 68.1 Å². The summed E-state index contributed by atoms with van der Waals surface area (Å²) >= 11 is 0. The first-order valence-electron chi connectivity index (χ1n) is 33.7. The number of amides is 10. The number of nitrogens with zero attached hydrogens (tertiary/aromatic N) is 7. The topological polar surface area (TPSA) is 298 Å². The third kappa shape index (κ3) is 24.5. The monoisotopic (exact) mass is 1310 g/mol. The van der Waals surface area contributed by atoms with Crippen LogP contribution in [0.2, 0.25) is 0 Å². The standard InChI is InChI=1S/C69H119N11O13/c1-25-49-64(87)75(19)37-55(81)76(20)52(34-40(6)7)61(84)73-50(32-38(2)3)65(88)77(21)53(35-41(8)9)60(83)71-47(18)69(92)93-59(44(14)15)68(91)78(22)54(36-42(10)11)62(85)74-51(33-39(4)5)66(89)79(23)56(43(12)13)67(90)80(24)57(63(86)72-49)58(82)45(16)28-26-30-48-31-27-29-46(17)70-48/h27,29,31,38-45,47,49-54,56-59,82H,25-26,28,30,32-37H2,1-24H3,(H,71,83)(H,72,86)(H,73,84)(H,74,85)/t45-,47-,49-,50-,51-,52+,53-,54-,56-,57-,58-,59+/m1/s1. The summed E-state index contributed by atoms with van der Waals surface area (Å²) in [4.78, 5) is 174. The number of rotatable bonds is 19. The van der Waals surface area contributed by atoms with Crippen LogP contribution in [0.4, 0.5) is 0 Å². The Balaban J connectivity index is 3.00. The van der Waals surface area contributed by atoms with Gasteiger partial charge in [0.15, 0.2) is 6.10 Å². The first-order chi connectivity index (χ1) is 43.1. The molecule has 5 N–H and O–H groups in total. The summed E-state index contributed by atoms with van der Waals surface area (Å²) in [5.41, 5.74) is 1.68. The molecule has 0 bridgehead atoms. The number of hydrogen-bond donors (Lipinski definition) is 5. The Morgan fingerprint density at radius 2 is 0.946 bits per heavy atom. The predicted molar refractivity (Wildman–Crippen MR) is 358 cm³/mol. The number of aliphatic hydroxyl groups is 1. The summed E-state index contributed by atoms with van der Waals surface area (Å²) in [6, 6.07) is -5.83. The van der Waals surface area contributed by atoms with Gasteiger partial charge in [0.2, 0.25) is 53.2 Å². The lowest BCUT2D eigenvalue weighted by molar-refractivity contribution is -0.166. The first kappa shape index (κ1) is 82.4. The van der Waals surface area contributed by atoms with E-state index in [1.54, 1.807) is 41.5 Å². The number of aryl methyl sites for hydroxylation is 2. The third-order valence-electron chi connectivity index (χ3n) is 17.3. The van der Waals surface area contributed by atoms with Gasteiger partial charge >= 0.3 is 5.97 Å². The molecule has 24 nitrogen and oxygen atoms in total. The van der Waals surface area contributed by atoms with E-state index in [1.165, 1.54) is 68.8 Å². The smallest absolute Gasteiger partial charge is 0.329 e. The van der Waals surface area contributed by atoms with Gasteiger partial charge in [0, 0.05) is 53.7 Å². The average molecular weight is 1310 g/mol. The van der Waals surface area contributed by atoms with Gasteiger partial charge in [-0.15, -0.1) is 0 Å². The molecule has 0 unspecified atom stereocenters. The van der Waals surface area contributed by atoms with Crippen LogP contribution in [0.1, 0.15) is 180 Å². The van der Waals surface area contributed by atoms with Gasteiger partial charge in [0.25, 0.3) is 5.91 Å². The van der Waals surface area contributed by atoms with Gasteiger partial charge in [0.05, 0.1) is 12.6 Å². The largest absolute Gasteiger partial charge is 0.450 e. The molecule has 0 spiro atoms. The lowest BCUT2D eigenvalue weighted by Gasteiger charge is -2.40. The molecule has 1 aromatic heterocycles. The zero-order valence-electron chi connectivity index (χ0n) is 60.7. The number of likely N-dealkylation sites (N-methyl/N-ethyl adjacent to an activating group) is 6. The molecule has 0 saturated carbocycles. The lowest BCUT2D eigenvalue weighted by atomic mass is 9.90. The molecule has 2 rings (SSSR count). The van der Waals surface area contributed by atoms with Crippen molar-refractivity contribution in [2.24, 2.45) is 47.3 Å². The highest BCUT2D eigenvalue weighted by molar-refractivity contribution is 5.99. The Morgan fingerprint density at radius 3 is 1.39 bits per heavy atom. The maximum Gasteiger partial charge on any atom is 0.329 e.